The maximum absolute atomic E-state index is 11.5. The van der Waals surface area contributed by atoms with Gasteiger partial charge in [-0.25, -0.2) is 0 Å². The van der Waals surface area contributed by atoms with E-state index in [0.29, 0.717) is 13.1 Å². The normalized spacial score (nSPS) is 13.6. The predicted molar refractivity (Wildman–Crippen MR) is 85.7 cm³/mol. The molecule has 8 nitrogen and oxygen atoms in total. The second kappa shape index (κ2) is 14.5. The Morgan fingerprint density at radius 3 is 2.00 bits per heavy atom. The zero-order valence-corrected chi connectivity index (χ0v) is 13.6. The molecule has 0 fully saturated rings. The molecule has 0 spiro atoms. The zero-order valence-electron chi connectivity index (χ0n) is 13.6. The van der Waals surface area contributed by atoms with E-state index in [1.807, 2.05) is 0 Å². The molecule has 2 unspecified atom stereocenters. The van der Waals surface area contributed by atoms with Gasteiger partial charge in [0, 0.05) is 13.1 Å². The van der Waals surface area contributed by atoms with E-state index in [4.69, 9.17) is 10.8 Å². The second-order valence-corrected chi connectivity index (χ2v) is 5.43. The van der Waals surface area contributed by atoms with Crippen molar-refractivity contribution in [1.29, 1.82) is 0 Å². The fraction of sp³-hybridized carbons (Fsp3) is 0.867. The number of nitrogens with one attached hydrogen (secondary N) is 3. The first-order chi connectivity index (χ1) is 11.0. The largest absolute Gasteiger partial charge is 0.388 e. The molecule has 135 valence electrons. The van der Waals surface area contributed by atoms with Gasteiger partial charge in [0.25, 0.3) is 5.91 Å². The number of aliphatic hydroxyl groups is 3. The van der Waals surface area contributed by atoms with Gasteiger partial charge in [-0.3, -0.25) is 15.3 Å². The third-order valence-corrected chi connectivity index (χ3v) is 3.41. The molecule has 8 heteroatoms. The lowest BCUT2D eigenvalue weighted by Gasteiger charge is -2.15. The van der Waals surface area contributed by atoms with Crippen LogP contribution in [0.3, 0.4) is 0 Å². The summed E-state index contributed by atoms with van der Waals surface area (Å²) >= 11 is 0. The lowest BCUT2D eigenvalue weighted by Crippen LogP contribution is -2.46. The number of hydrogen-bond donors (Lipinski definition) is 5. The Kier molecular flexibility index (Phi) is 13.9. The molecule has 0 bridgehead atoms. The number of hydrogen-bond acceptors (Lipinski definition) is 6. The number of Topliss-reactive ketones (excluding diaryl/α,β-unsaturated/α-hetero) is 1. The molecule has 2 atom stereocenters. The third kappa shape index (κ3) is 11.2. The van der Waals surface area contributed by atoms with E-state index >= 15 is 0 Å². The van der Waals surface area contributed by atoms with Crippen LogP contribution in [-0.4, -0.2) is 72.0 Å². The highest BCUT2D eigenvalue weighted by atomic mass is 16.3. The SMILES string of the molecule is [NH]CCCCCNCCCCCNC(=O)C(O)C(O)C(=O)CO. The topological polar surface area (TPSA) is 143 Å². The van der Waals surface area contributed by atoms with Crippen LogP contribution in [0.25, 0.3) is 0 Å². The first kappa shape index (κ1) is 21.9. The molecule has 0 aliphatic carbocycles. The molecule has 0 saturated carbocycles. The maximum atomic E-state index is 11.5. The number of unbranched alkanes of at least 4 members (excludes halogenated alkanes) is 4. The minimum absolute atomic E-state index is 0.361. The Morgan fingerprint density at radius 1 is 0.870 bits per heavy atom. The second-order valence-electron chi connectivity index (χ2n) is 5.43. The van der Waals surface area contributed by atoms with E-state index in [0.717, 1.165) is 51.6 Å². The van der Waals surface area contributed by atoms with Gasteiger partial charge in [-0.1, -0.05) is 12.8 Å². The summed E-state index contributed by atoms with van der Waals surface area (Å²) in [6.07, 6.45) is 2.00. The van der Waals surface area contributed by atoms with Crippen molar-refractivity contribution in [3.63, 3.8) is 0 Å². The van der Waals surface area contributed by atoms with Crippen LogP contribution in [0.15, 0.2) is 0 Å². The van der Waals surface area contributed by atoms with Gasteiger partial charge in [-0.15, -0.1) is 0 Å². The summed E-state index contributed by atoms with van der Waals surface area (Å²) in [6, 6.07) is 0. The van der Waals surface area contributed by atoms with Crippen LogP contribution in [0.5, 0.6) is 0 Å². The van der Waals surface area contributed by atoms with E-state index in [1.54, 1.807) is 0 Å². The van der Waals surface area contributed by atoms with Crippen molar-refractivity contribution in [2.24, 2.45) is 0 Å². The van der Waals surface area contributed by atoms with Gasteiger partial charge in [0.15, 0.2) is 11.9 Å². The van der Waals surface area contributed by atoms with E-state index in [2.05, 4.69) is 10.6 Å². The standard InChI is InChI=1S/C15H30N3O5/c16-7-3-1-4-8-17-9-5-2-6-10-18-15(23)14(22)13(21)12(20)11-19/h13-14,16-17,19,21-22H,1-11H2,(H,18,23). The summed E-state index contributed by atoms with van der Waals surface area (Å²) in [7, 11) is 0. The van der Waals surface area contributed by atoms with Crippen LogP contribution < -0.4 is 16.4 Å². The fourth-order valence-electron chi connectivity index (χ4n) is 1.96. The van der Waals surface area contributed by atoms with Crippen molar-refractivity contribution < 1.29 is 24.9 Å². The molecule has 6 N–H and O–H groups in total. The lowest BCUT2D eigenvalue weighted by atomic mass is 10.1. The summed E-state index contributed by atoms with van der Waals surface area (Å²) < 4.78 is 0. The van der Waals surface area contributed by atoms with Crippen molar-refractivity contribution in [2.45, 2.75) is 50.7 Å². The average molecular weight is 332 g/mol. The van der Waals surface area contributed by atoms with Gasteiger partial charge in [-0.05, 0) is 38.8 Å². The van der Waals surface area contributed by atoms with Gasteiger partial charge < -0.3 is 26.0 Å². The van der Waals surface area contributed by atoms with E-state index in [-0.39, 0.29) is 0 Å². The van der Waals surface area contributed by atoms with E-state index < -0.39 is 30.5 Å². The Balaban J connectivity index is 3.50. The molecule has 0 rings (SSSR count). The highest BCUT2D eigenvalue weighted by Gasteiger charge is 2.29. The molecule has 1 radical (unpaired) electrons. The molecular weight excluding hydrogens is 302 g/mol. The van der Waals surface area contributed by atoms with E-state index in [1.165, 1.54) is 0 Å². The smallest absolute Gasteiger partial charge is 0.252 e. The molecule has 1 amide bonds. The zero-order chi connectivity index (χ0) is 17.5. The number of aliphatic hydroxyl groups excluding tert-OH is 3. The summed E-state index contributed by atoms with van der Waals surface area (Å²) in [6.45, 7) is 1.80. The maximum Gasteiger partial charge on any atom is 0.252 e. The van der Waals surface area contributed by atoms with Gasteiger partial charge >= 0.3 is 0 Å². The molecule has 0 aromatic heterocycles. The van der Waals surface area contributed by atoms with Crippen molar-refractivity contribution in [3.8, 4) is 0 Å². The number of carbonyl (C=O) groups is 2. The summed E-state index contributed by atoms with van der Waals surface area (Å²) in [5.74, 6) is -1.80. The average Bonchev–Trinajstić information content (AvgIpc) is 2.57. The Bertz CT molecular complexity index is 328. The summed E-state index contributed by atoms with van der Waals surface area (Å²) in [4.78, 5) is 22.4. The van der Waals surface area contributed by atoms with Gasteiger partial charge in [0.2, 0.25) is 0 Å². The quantitative estimate of drug-likeness (QED) is 0.233. The number of ketones is 1. The Labute approximate surface area is 137 Å². The van der Waals surface area contributed by atoms with E-state index in [9.17, 15) is 19.8 Å². The van der Waals surface area contributed by atoms with Crippen LogP contribution in [0.2, 0.25) is 0 Å². The first-order valence-corrected chi connectivity index (χ1v) is 8.17. The van der Waals surface area contributed by atoms with Crippen LogP contribution in [0.4, 0.5) is 0 Å². The van der Waals surface area contributed by atoms with Crippen molar-refractivity contribution in [3.05, 3.63) is 0 Å². The Hall–Kier alpha value is -1.06. The van der Waals surface area contributed by atoms with Crippen LogP contribution >= 0.6 is 0 Å². The first-order valence-electron chi connectivity index (χ1n) is 8.17. The minimum Gasteiger partial charge on any atom is -0.388 e. The molecule has 0 aromatic carbocycles. The number of carbonyl (C=O) groups excluding carboxylic acids is 2. The molecule has 0 heterocycles. The van der Waals surface area contributed by atoms with Crippen LogP contribution in [0.1, 0.15) is 38.5 Å². The molecule has 0 aliphatic heterocycles. The van der Waals surface area contributed by atoms with Gasteiger partial charge in [-0.2, -0.15) is 0 Å². The molecule has 0 aromatic rings. The van der Waals surface area contributed by atoms with Gasteiger partial charge in [0.1, 0.15) is 12.7 Å². The van der Waals surface area contributed by atoms with Crippen molar-refractivity contribution in [2.75, 3.05) is 32.8 Å². The molecule has 0 aliphatic rings. The Morgan fingerprint density at radius 2 is 1.43 bits per heavy atom. The third-order valence-electron chi connectivity index (χ3n) is 3.41. The lowest BCUT2D eigenvalue weighted by molar-refractivity contribution is -0.146. The van der Waals surface area contributed by atoms with Crippen molar-refractivity contribution in [1.82, 2.24) is 16.4 Å². The van der Waals surface area contributed by atoms with Crippen LogP contribution in [0, 0.1) is 0 Å². The number of rotatable bonds is 15. The predicted octanol–water partition coefficient (Wildman–Crippen LogP) is -1.40. The highest BCUT2D eigenvalue weighted by molar-refractivity contribution is 5.92. The minimum atomic E-state index is -1.89. The van der Waals surface area contributed by atoms with Crippen LogP contribution in [-0.2, 0) is 9.59 Å². The number of amides is 1. The molecule has 0 saturated heterocycles. The van der Waals surface area contributed by atoms with Crippen molar-refractivity contribution >= 4 is 11.7 Å². The van der Waals surface area contributed by atoms with Gasteiger partial charge in [0.05, 0.1) is 0 Å². The fourth-order valence-corrected chi connectivity index (χ4v) is 1.96. The summed E-state index contributed by atoms with van der Waals surface area (Å²) in [5, 5.41) is 33.0. The molecule has 23 heavy (non-hydrogen) atoms. The molecular formula is C15H30N3O5. The highest BCUT2D eigenvalue weighted by Crippen LogP contribution is 1.98. The summed E-state index contributed by atoms with van der Waals surface area (Å²) in [5.41, 5.74) is 7.02. The monoisotopic (exact) mass is 332 g/mol.